The van der Waals surface area contributed by atoms with Gasteiger partial charge >= 0.3 is 5.97 Å². The molecule has 0 N–H and O–H groups in total. The number of carbonyl (C=O) groups is 1. The lowest BCUT2D eigenvalue weighted by molar-refractivity contribution is -0.164. The Kier molecular flexibility index (Phi) is 2.60. The lowest BCUT2D eigenvalue weighted by Gasteiger charge is -2.31. The number of esters is 1. The van der Waals surface area contributed by atoms with E-state index in [1.807, 2.05) is 20.8 Å². The Labute approximate surface area is 78.7 Å². The minimum atomic E-state index is -0.408. The molecule has 72 valence electrons. The molecule has 1 rings (SSSR count). The molecule has 13 heavy (non-hydrogen) atoms. The van der Waals surface area contributed by atoms with Gasteiger partial charge in [0.25, 0.3) is 0 Å². The van der Waals surface area contributed by atoms with Crippen LogP contribution in [0.15, 0.2) is 0 Å². The van der Waals surface area contributed by atoms with Crippen LogP contribution in [0.5, 0.6) is 0 Å². The molecule has 0 aromatic heterocycles. The molecule has 0 bridgehead atoms. The van der Waals surface area contributed by atoms with Gasteiger partial charge < -0.3 is 4.74 Å². The number of nitriles is 1. The highest BCUT2D eigenvalue weighted by Gasteiger charge is 2.37. The Hall–Kier alpha value is -1.04. The minimum absolute atomic E-state index is 0.0381. The zero-order chi connectivity index (χ0) is 10.1. The first-order valence-electron chi connectivity index (χ1n) is 4.55. The number of nitrogens with zero attached hydrogens (tertiary/aromatic N) is 1. The Morgan fingerprint density at radius 3 is 2.38 bits per heavy atom. The number of carbonyl (C=O) groups excluding carboxylic acids is 1. The monoisotopic (exact) mass is 181 g/mol. The van der Waals surface area contributed by atoms with Gasteiger partial charge in [0.15, 0.2) is 0 Å². The van der Waals surface area contributed by atoms with E-state index in [1.54, 1.807) is 0 Å². The van der Waals surface area contributed by atoms with E-state index in [2.05, 4.69) is 6.07 Å². The predicted molar refractivity (Wildman–Crippen MR) is 47.7 cm³/mol. The van der Waals surface area contributed by atoms with Crippen LogP contribution in [0.3, 0.4) is 0 Å². The van der Waals surface area contributed by atoms with Crippen molar-refractivity contribution in [3.8, 4) is 6.07 Å². The van der Waals surface area contributed by atoms with Crippen LogP contribution in [0.1, 0.15) is 33.6 Å². The molecule has 0 aromatic carbocycles. The smallest absolute Gasteiger partial charge is 0.309 e. The first-order chi connectivity index (χ1) is 5.92. The summed E-state index contributed by atoms with van der Waals surface area (Å²) in [5, 5.41) is 8.52. The Balaban J connectivity index is 2.33. The molecule has 0 spiro atoms. The SMILES string of the molecule is CC(C)(C)OC(=O)C1CC(C#N)C1. The molecule has 3 nitrogen and oxygen atoms in total. The zero-order valence-corrected chi connectivity index (χ0v) is 8.33. The quantitative estimate of drug-likeness (QED) is 0.580. The maximum absolute atomic E-state index is 11.4. The second-order valence-electron chi connectivity index (χ2n) is 4.53. The largest absolute Gasteiger partial charge is 0.460 e. The molecular formula is C10H15NO2. The van der Waals surface area contributed by atoms with E-state index < -0.39 is 5.60 Å². The fourth-order valence-corrected chi connectivity index (χ4v) is 1.30. The highest BCUT2D eigenvalue weighted by atomic mass is 16.6. The number of hydrogen-bond donors (Lipinski definition) is 0. The second-order valence-corrected chi connectivity index (χ2v) is 4.53. The van der Waals surface area contributed by atoms with Crippen LogP contribution in [0.25, 0.3) is 0 Å². The van der Waals surface area contributed by atoms with Gasteiger partial charge in [0.2, 0.25) is 0 Å². The third-order valence-corrected chi connectivity index (χ3v) is 2.06. The average Bonchev–Trinajstić information content (AvgIpc) is 1.79. The first-order valence-corrected chi connectivity index (χ1v) is 4.55. The molecule has 0 unspecified atom stereocenters. The lowest BCUT2D eigenvalue weighted by atomic mass is 9.76. The number of hydrogen-bond acceptors (Lipinski definition) is 3. The van der Waals surface area contributed by atoms with Crippen molar-refractivity contribution in [1.82, 2.24) is 0 Å². The van der Waals surface area contributed by atoms with Crippen LogP contribution in [0, 0.1) is 23.2 Å². The average molecular weight is 181 g/mol. The third kappa shape index (κ3) is 2.73. The molecule has 1 aliphatic rings. The van der Waals surface area contributed by atoms with E-state index in [4.69, 9.17) is 10.00 Å². The molecule has 0 aromatic rings. The number of rotatable bonds is 1. The van der Waals surface area contributed by atoms with E-state index in [1.165, 1.54) is 0 Å². The molecule has 1 saturated carbocycles. The van der Waals surface area contributed by atoms with Gasteiger partial charge in [0.05, 0.1) is 12.0 Å². The maximum Gasteiger partial charge on any atom is 0.309 e. The van der Waals surface area contributed by atoms with Crippen molar-refractivity contribution in [3.63, 3.8) is 0 Å². The van der Waals surface area contributed by atoms with Gasteiger partial charge in [-0.25, -0.2) is 0 Å². The van der Waals surface area contributed by atoms with Crippen molar-refractivity contribution in [3.05, 3.63) is 0 Å². The molecule has 0 heterocycles. The highest BCUT2D eigenvalue weighted by molar-refractivity contribution is 5.74. The van der Waals surface area contributed by atoms with Crippen molar-refractivity contribution in [2.24, 2.45) is 11.8 Å². The van der Waals surface area contributed by atoms with Gasteiger partial charge in [0, 0.05) is 5.92 Å². The van der Waals surface area contributed by atoms with E-state index in [9.17, 15) is 4.79 Å². The van der Waals surface area contributed by atoms with Crippen LogP contribution >= 0.6 is 0 Å². The van der Waals surface area contributed by atoms with Crippen molar-refractivity contribution < 1.29 is 9.53 Å². The summed E-state index contributed by atoms with van der Waals surface area (Å²) in [6, 6.07) is 2.14. The van der Waals surface area contributed by atoms with Gasteiger partial charge in [-0.1, -0.05) is 0 Å². The Morgan fingerprint density at radius 2 is 2.00 bits per heavy atom. The minimum Gasteiger partial charge on any atom is -0.460 e. The van der Waals surface area contributed by atoms with Crippen LogP contribution in [0.2, 0.25) is 0 Å². The topological polar surface area (TPSA) is 50.1 Å². The van der Waals surface area contributed by atoms with Crippen molar-refractivity contribution >= 4 is 5.97 Å². The fraction of sp³-hybridized carbons (Fsp3) is 0.800. The number of ether oxygens (including phenoxy) is 1. The molecule has 0 atom stereocenters. The first kappa shape index (κ1) is 10.0. The standard InChI is InChI=1S/C10H15NO2/c1-10(2,3)13-9(12)8-4-7(5-8)6-11/h7-8H,4-5H2,1-3H3. The molecule has 3 heteroatoms. The summed E-state index contributed by atoms with van der Waals surface area (Å²) in [6.07, 6.45) is 1.34. The van der Waals surface area contributed by atoms with Crippen LogP contribution in [-0.2, 0) is 9.53 Å². The molecule has 0 radical (unpaired) electrons. The Morgan fingerprint density at radius 1 is 1.46 bits per heavy atom. The zero-order valence-electron chi connectivity index (χ0n) is 8.33. The Bertz CT molecular complexity index is 241. The van der Waals surface area contributed by atoms with E-state index in [-0.39, 0.29) is 17.8 Å². The second kappa shape index (κ2) is 3.37. The van der Waals surface area contributed by atoms with Crippen molar-refractivity contribution in [2.75, 3.05) is 0 Å². The maximum atomic E-state index is 11.4. The summed E-state index contributed by atoms with van der Waals surface area (Å²) in [5.41, 5.74) is -0.408. The molecule has 0 amide bonds. The summed E-state index contributed by atoms with van der Waals surface area (Å²) in [6.45, 7) is 5.56. The van der Waals surface area contributed by atoms with Crippen LogP contribution in [0.4, 0.5) is 0 Å². The van der Waals surface area contributed by atoms with Crippen LogP contribution < -0.4 is 0 Å². The summed E-state index contributed by atoms with van der Waals surface area (Å²) in [4.78, 5) is 11.4. The van der Waals surface area contributed by atoms with Gasteiger partial charge in [-0.05, 0) is 33.6 Å². The third-order valence-electron chi connectivity index (χ3n) is 2.06. The molecule has 1 aliphatic carbocycles. The molecule has 0 aliphatic heterocycles. The summed E-state index contributed by atoms with van der Waals surface area (Å²) in [7, 11) is 0. The fourth-order valence-electron chi connectivity index (χ4n) is 1.30. The van der Waals surface area contributed by atoms with E-state index >= 15 is 0 Å². The lowest BCUT2D eigenvalue weighted by Crippen LogP contribution is -2.35. The van der Waals surface area contributed by atoms with E-state index in [0.717, 1.165) is 0 Å². The van der Waals surface area contributed by atoms with Gasteiger partial charge in [-0.3, -0.25) is 4.79 Å². The summed E-state index contributed by atoms with van der Waals surface area (Å²) >= 11 is 0. The predicted octanol–water partition coefficient (Wildman–Crippen LogP) is 1.88. The van der Waals surface area contributed by atoms with E-state index in [0.29, 0.717) is 12.8 Å². The van der Waals surface area contributed by atoms with Gasteiger partial charge in [-0.15, -0.1) is 0 Å². The molecule has 1 fully saturated rings. The molecular weight excluding hydrogens is 166 g/mol. The van der Waals surface area contributed by atoms with Gasteiger partial charge in [-0.2, -0.15) is 5.26 Å². The molecule has 0 saturated heterocycles. The highest BCUT2D eigenvalue weighted by Crippen LogP contribution is 2.34. The van der Waals surface area contributed by atoms with Gasteiger partial charge in [0.1, 0.15) is 5.60 Å². The van der Waals surface area contributed by atoms with Crippen LogP contribution in [-0.4, -0.2) is 11.6 Å². The van der Waals surface area contributed by atoms with Crippen molar-refractivity contribution in [2.45, 2.75) is 39.2 Å². The van der Waals surface area contributed by atoms with Crippen molar-refractivity contribution in [1.29, 1.82) is 5.26 Å². The summed E-state index contributed by atoms with van der Waals surface area (Å²) < 4.78 is 5.19. The normalized spacial score (nSPS) is 27.2. The summed E-state index contributed by atoms with van der Waals surface area (Å²) in [5.74, 6) is -0.125.